The van der Waals surface area contributed by atoms with E-state index in [0.29, 0.717) is 24.8 Å². The molecule has 3 aromatic heterocycles. The molecule has 1 N–H and O–H groups in total. The van der Waals surface area contributed by atoms with Crippen molar-refractivity contribution in [1.29, 1.82) is 0 Å². The standard InChI is InChI=1S/C15H12N4O3S/c20-13-11(2-1-4-16-13)15(21)19-6-10(7-19)14-17-12(18-22-14)9-3-5-23-8-9/h1-5,8,10H,6-7H2,(H,16,20). The van der Waals surface area contributed by atoms with E-state index in [-0.39, 0.29) is 22.9 Å². The molecule has 23 heavy (non-hydrogen) atoms. The van der Waals surface area contributed by atoms with Crippen LogP contribution in [0.4, 0.5) is 0 Å². The molecule has 0 atom stereocenters. The molecule has 3 aromatic rings. The fraction of sp³-hybridized carbons (Fsp3) is 0.200. The van der Waals surface area contributed by atoms with E-state index in [1.165, 1.54) is 12.3 Å². The fourth-order valence-electron chi connectivity index (χ4n) is 2.47. The lowest BCUT2D eigenvalue weighted by Crippen LogP contribution is -2.49. The molecule has 7 nitrogen and oxygen atoms in total. The molecule has 8 heteroatoms. The molecule has 0 aliphatic carbocycles. The van der Waals surface area contributed by atoms with Gasteiger partial charge in [-0.25, -0.2) is 0 Å². The van der Waals surface area contributed by atoms with Crippen molar-refractivity contribution in [3.8, 4) is 11.4 Å². The Hall–Kier alpha value is -2.74. The van der Waals surface area contributed by atoms with Gasteiger partial charge in [0.25, 0.3) is 11.5 Å². The SMILES string of the molecule is O=C(c1ccc[nH]c1=O)N1CC(c2nc(-c3ccsc3)no2)C1. The highest BCUT2D eigenvalue weighted by Crippen LogP contribution is 2.28. The van der Waals surface area contributed by atoms with Crippen LogP contribution in [0.15, 0.2) is 44.5 Å². The van der Waals surface area contributed by atoms with Gasteiger partial charge in [0.2, 0.25) is 11.7 Å². The number of likely N-dealkylation sites (tertiary alicyclic amines) is 1. The van der Waals surface area contributed by atoms with Gasteiger partial charge in [-0.1, -0.05) is 5.16 Å². The summed E-state index contributed by atoms with van der Waals surface area (Å²) in [5, 5.41) is 7.87. The molecular weight excluding hydrogens is 316 g/mol. The van der Waals surface area contributed by atoms with Crippen LogP contribution in [0.3, 0.4) is 0 Å². The quantitative estimate of drug-likeness (QED) is 0.790. The molecule has 0 aromatic carbocycles. The normalized spacial score (nSPS) is 14.7. The second-order valence-electron chi connectivity index (χ2n) is 5.29. The first-order valence-electron chi connectivity index (χ1n) is 7.05. The third-order valence-electron chi connectivity index (χ3n) is 3.79. The van der Waals surface area contributed by atoms with Gasteiger partial charge in [-0.15, -0.1) is 0 Å². The van der Waals surface area contributed by atoms with Gasteiger partial charge in [0.1, 0.15) is 5.56 Å². The van der Waals surface area contributed by atoms with E-state index in [4.69, 9.17) is 4.52 Å². The highest BCUT2D eigenvalue weighted by Gasteiger charge is 2.36. The van der Waals surface area contributed by atoms with E-state index in [1.807, 2.05) is 16.8 Å². The number of rotatable bonds is 3. The van der Waals surface area contributed by atoms with Gasteiger partial charge < -0.3 is 14.4 Å². The number of carbonyl (C=O) groups excluding carboxylic acids is 1. The van der Waals surface area contributed by atoms with Crippen LogP contribution in [-0.2, 0) is 0 Å². The van der Waals surface area contributed by atoms with E-state index in [0.717, 1.165) is 5.56 Å². The number of H-pyrrole nitrogens is 1. The first-order chi connectivity index (χ1) is 11.2. The first-order valence-corrected chi connectivity index (χ1v) is 8.00. The Morgan fingerprint density at radius 3 is 3.00 bits per heavy atom. The van der Waals surface area contributed by atoms with E-state index >= 15 is 0 Å². The van der Waals surface area contributed by atoms with Crippen LogP contribution in [-0.4, -0.2) is 39.0 Å². The van der Waals surface area contributed by atoms with Crippen molar-refractivity contribution in [3.05, 3.63) is 57.0 Å². The molecule has 0 spiro atoms. The Bertz CT molecular complexity index is 893. The lowest BCUT2D eigenvalue weighted by atomic mass is 9.99. The van der Waals surface area contributed by atoms with Crippen LogP contribution < -0.4 is 5.56 Å². The maximum atomic E-state index is 12.3. The van der Waals surface area contributed by atoms with Crippen LogP contribution in [0.1, 0.15) is 22.2 Å². The van der Waals surface area contributed by atoms with E-state index in [1.54, 1.807) is 22.3 Å². The van der Waals surface area contributed by atoms with E-state index in [2.05, 4.69) is 15.1 Å². The summed E-state index contributed by atoms with van der Waals surface area (Å²) >= 11 is 1.57. The van der Waals surface area contributed by atoms with Crippen molar-refractivity contribution in [2.24, 2.45) is 0 Å². The summed E-state index contributed by atoms with van der Waals surface area (Å²) in [7, 11) is 0. The zero-order chi connectivity index (χ0) is 15.8. The monoisotopic (exact) mass is 328 g/mol. The van der Waals surface area contributed by atoms with Crippen molar-refractivity contribution in [1.82, 2.24) is 20.0 Å². The molecule has 0 unspecified atom stereocenters. The number of aromatic amines is 1. The summed E-state index contributed by atoms with van der Waals surface area (Å²) in [6.45, 7) is 0.941. The maximum Gasteiger partial charge on any atom is 0.260 e. The Morgan fingerprint density at radius 2 is 2.26 bits per heavy atom. The van der Waals surface area contributed by atoms with Gasteiger partial charge in [-0.05, 0) is 23.6 Å². The van der Waals surface area contributed by atoms with Crippen molar-refractivity contribution in [2.45, 2.75) is 5.92 Å². The topological polar surface area (TPSA) is 92.1 Å². The average molecular weight is 328 g/mol. The number of nitrogens with zero attached hydrogens (tertiary/aromatic N) is 3. The molecule has 4 heterocycles. The van der Waals surface area contributed by atoms with Crippen LogP contribution in [0, 0.1) is 0 Å². The Balaban J connectivity index is 1.45. The molecule has 1 amide bonds. The molecular formula is C15H12N4O3S. The van der Waals surface area contributed by atoms with Gasteiger partial charge in [-0.3, -0.25) is 9.59 Å². The zero-order valence-corrected chi connectivity index (χ0v) is 12.7. The first kappa shape index (κ1) is 13.9. The lowest BCUT2D eigenvalue weighted by molar-refractivity contribution is 0.0567. The van der Waals surface area contributed by atoms with Crippen molar-refractivity contribution < 1.29 is 9.32 Å². The van der Waals surface area contributed by atoms with Gasteiger partial charge in [0.15, 0.2) is 0 Å². The Kier molecular flexibility index (Phi) is 3.30. The smallest absolute Gasteiger partial charge is 0.260 e. The summed E-state index contributed by atoms with van der Waals surface area (Å²) in [6.07, 6.45) is 1.50. The van der Waals surface area contributed by atoms with Gasteiger partial charge >= 0.3 is 0 Å². The van der Waals surface area contributed by atoms with Crippen LogP contribution >= 0.6 is 11.3 Å². The molecule has 1 aliphatic heterocycles. The number of pyridine rings is 1. The summed E-state index contributed by atoms with van der Waals surface area (Å²) in [5.41, 5.74) is 0.696. The van der Waals surface area contributed by atoms with E-state index in [9.17, 15) is 9.59 Å². The summed E-state index contributed by atoms with van der Waals surface area (Å²) in [4.78, 5) is 32.4. The highest BCUT2D eigenvalue weighted by molar-refractivity contribution is 7.08. The van der Waals surface area contributed by atoms with Crippen LogP contribution in [0.2, 0.25) is 0 Å². The second-order valence-corrected chi connectivity index (χ2v) is 6.07. The second kappa shape index (κ2) is 5.47. The number of nitrogens with one attached hydrogen (secondary N) is 1. The van der Waals surface area contributed by atoms with Crippen molar-refractivity contribution >= 4 is 17.2 Å². The van der Waals surface area contributed by atoms with Gasteiger partial charge in [0, 0.05) is 30.2 Å². The number of carbonyl (C=O) groups is 1. The minimum Gasteiger partial charge on any atom is -0.339 e. The number of amides is 1. The fourth-order valence-corrected chi connectivity index (χ4v) is 3.11. The predicted octanol–water partition coefficient (Wildman–Crippen LogP) is 1.73. The maximum absolute atomic E-state index is 12.3. The minimum absolute atomic E-state index is 0.0154. The van der Waals surface area contributed by atoms with Gasteiger partial charge in [-0.2, -0.15) is 16.3 Å². The third kappa shape index (κ3) is 2.46. The molecule has 4 rings (SSSR count). The molecule has 1 saturated heterocycles. The van der Waals surface area contributed by atoms with Crippen LogP contribution in [0.25, 0.3) is 11.4 Å². The number of thiophene rings is 1. The summed E-state index contributed by atoms with van der Waals surface area (Å²) < 4.78 is 5.29. The molecule has 116 valence electrons. The summed E-state index contributed by atoms with van der Waals surface area (Å²) in [6, 6.07) is 5.09. The van der Waals surface area contributed by atoms with Crippen LogP contribution in [0.5, 0.6) is 0 Å². The zero-order valence-electron chi connectivity index (χ0n) is 11.9. The molecule has 1 aliphatic rings. The molecule has 1 fully saturated rings. The number of aromatic nitrogens is 3. The Labute approximate surface area is 134 Å². The lowest BCUT2D eigenvalue weighted by Gasteiger charge is -2.36. The van der Waals surface area contributed by atoms with Crippen molar-refractivity contribution in [2.75, 3.05) is 13.1 Å². The minimum atomic E-state index is -0.376. The Morgan fingerprint density at radius 1 is 1.39 bits per heavy atom. The van der Waals surface area contributed by atoms with Crippen molar-refractivity contribution in [3.63, 3.8) is 0 Å². The summed E-state index contributed by atoms with van der Waals surface area (Å²) in [5.74, 6) is 0.824. The van der Waals surface area contributed by atoms with Gasteiger partial charge in [0.05, 0.1) is 5.92 Å². The largest absolute Gasteiger partial charge is 0.339 e. The van der Waals surface area contributed by atoms with E-state index < -0.39 is 0 Å². The third-order valence-corrected chi connectivity index (χ3v) is 4.47. The highest BCUT2D eigenvalue weighted by atomic mass is 32.1. The number of hydrogen-bond donors (Lipinski definition) is 1. The predicted molar refractivity (Wildman–Crippen MR) is 83.3 cm³/mol. The number of hydrogen-bond acceptors (Lipinski definition) is 6. The molecule has 0 saturated carbocycles. The average Bonchev–Trinajstić information content (AvgIpc) is 3.17. The molecule has 0 bridgehead atoms. The molecule has 0 radical (unpaired) electrons.